The number of ether oxygens (including phenoxy) is 3. The minimum Gasteiger partial charge on any atom is -0.486 e. The van der Waals surface area contributed by atoms with Gasteiger partial charge in [0.2, 0.25) is 27.6 Å². The first-order valence-corrected chi connectivity index (χ1v) is 21.5. The number of rotatable bonds is 17. The second kappa shape index (κ2) is 19.5. The van der Waals surface area contributed by atoms with Gasteiger partial charge in [0, 0.05) is 19.4 Å². The maximum Gasteiger partial charge on any atom is 0.289 e. The second-order valence-corrected chi connectivity index (χ2v) is 17.0. The van der Waals surface area contributed by atoms with Gasteiger partial charge in [-0.15, -0.1) is 0 Å². The van der Waals surface area contributed by atoms with E-state index in [0.29, 0.717) is 29.4 Å². The summed E-state index contributed by atoms with van der Waals surface area (Å²) in [6.45, 7) is 4.12. The Morgan fingerprint density at radius 2 is 1.61 bits per heavy atom. The molecule has 2 fully saturated rings. The number of nitrogens with zero attached hydrogens (tertiary/aromatic N) is 1. The van der Waals surface area contributed by atoms with Crippen molar-refractivity contribution >= 4 is 33.5 Å². The van der Waals surface area contributed by atoms with Crippen molar-refractivity contribution in [2.24, 2.45) is 5.92 Å². The van der Waals surface area contributed by atoms with E-state index in [1.54, 1.807) is 42.5 Å². The smallest absolute Gasteiger partial charge is 0.289 e. The quantitative estimate of drug-likeness (QED) is 0.148. The Labute approximate surface area is 334 Å². The molecule has 3 aliphatic heterocycles. The molecule has 1 unspecified atom stereocenters. The second-order valence-electron chi connectivity index (χ2n) is 15.2. The largest absolute Gasteiger partial charge is 0.486 e. The molecule has 0 aromatic heterocycles. The van der Waals surface area contributed by atoms with Gasteiger partial charge in [0.05, 0.1) is 25.5 Å². The Morgan fingerprint density at radius 3 is 2.33 bits per heavy atom. The van der Waals surface area contributed by atoms with Gasteiger partial charge in [-0.3, -0.25) is 19.2 Å². The number of aryl methyl sites for hydroxylation is 1. The number of sulfonamides is 1. The number of nitrogens with one attached hydrogen (secondary N) is 4. The molecule has 3 amide bonds. The highest BCUT2D eigenvalue weighted by Crippen LogP contribution is 2.31. The van der Waals surface area contributed by atoms with Crippen molar-refractivity contribution in [3.63, 3.8) is 0 Å². The van der Waals surface area contributed by atoms with E-state index >= 15 is 0 Å². The fraction of sp³-hybridized carbons (Fsp3) is 0.476. The van der Waals surface area contributed by atoms with Crippen LogP contribution in [-0.4, -0.2) is 106 Å². The molecule has 0 saturated carbocycles. The minimum atomic E-state index is -3.80. The van der Waals surface area contributed by atoms with Crippen molar-refractivity contribution in [3.8, 4) is 11.5 Å². The molecule has 57 heavy (non-hydrogen) atoms. The normalized spacial score (nSPS) is 20.7. The van der Waals surface area contributed by atoms with Crippen LogP contribution in [0, 0.1) is 12.8 Å². The Bertz CT molecular complexity index is 1960. The highest BCUT2D eigenvalue weighted by molar-refractivity contribution is 7.88. The topological polar surface area (TPSA) is 181 Å². The van der Waals surface area contributed by atoms with Crippen molar-refractivity contribution < 1.29 is 41.8 Å². The first-order valence-electron chi connectivity index (χ1n) is 19.6. The predicted octanol–water partition coefficient (Wildman–Crippen LogP) is 2.43. The van der Waals surface area contributed by atoms with Crippen LogP contribution in [-0.2, 0) is 47.0 Å². The predicted molar refractivity (Wildman–Crippen MR) is 213 cm³/mol. The highest BCUT2D eigenvalue weighted by Gasteiger charge is 2.44. The average Bonchev–Trinajstić information content (AvgIpc) is 3.65. The third-order valence-corrected chi connectivity index (χ3v) is 11.3. The van der Waals surface area contributed by atoms with E-state index in [1.807, 2.05) is 43.3 Å². The van der Waals surface area contributed by atoms with Gasteiger partial charge in [-0.05, 0) is 74.9 Å². The Morgan fingerprint density at radius 1 is 0.912 bits per heavy atom. The van der Waals surface area contributed by atoms with Crippen LogP contribution in [0.15, 0.2) is 78.9 Å². The van der Waals surface area contributed by atoms with Crippen LogP contribution in [0.1, 0.15) is 48.8 Å². The van der Waals surface area contributed by atoms with Crippen LogP contribution < -0.4 is 30.1 Å². The zero-order chi connectivity index (χ0) is 40.4. The van der Waals surface area contributed by atoms with E-state index < -0.39 is 63.9 Å². The molecular weight excluding hydrogens is 751 g/mol. The molecule has 6 rings (SSSR count). The van der Waals surface area contributed by atoms with Crippen LogP contribution in [0.4, 0.5) is 0 Å². The Hall–Kier alpha value is -4.83. The molecule has 3 aliphatic rings. The molecule has 0 spiro atoms. The van der Waals surface area contributed by atoms with Crippen molar-refractivity contribution in [3.05, 3.63) is 95.6 Å². The van der Waals surface area contributed by atoms with E-state index in [-0.39, 0.29) is 45.6 Å². The van der Waals surface area contributed by atoms with Crippen LogP contribution in [0.2, 0.25) is 0 Å². The fourth-order valence-electron chi connectivity index (χ4n) is 7.52. The first kappa shape index (κ1) is 41.8. The number of carbonyl (C=O) groups excluding carboxylic acids is 4. The maximum absolute atomic E-state index is 14.4. The number of amides is 3. The standard InChI is InChI=1S/C42H53N5O9S/c1-28-12-14-31(15-13-28)26-54-32-23-36(47(25-32)42(51)34(46-57(2,52)53)17-16-29-18-20-43-21-19-29)40(49)45-35(22-30-8-4-3-5-9-30)39(48)41(50)44-24-33-27-55-37-10-6-7-11-38(37)56-33/h3-15,29,32-36,43,46H,16-27H2,1-2H3,(H,44,50)(H,45,49)/t32-,33?,34-,35+,36+/m1/s1. The van der Waals surface area contributed by atoms with Crippen molar-refractivity contribution in [1.82, 2.24) is 25.6 Å². The Kier molecular flexibility index (Phi) is 14.3. The van der Waals surface area contributed by atoms with Crippen LogP contribution in [0.5, 0.6) is 11.5 Å². The summed E-state index contributed by atoms with van der Waals surface area (Å²) in [6.07, 6.45) is 2.74. The third-order valence-electron chi connectivity index (χ3n) is 10.6. The molecule has 3 heterocycles. The molecular formula is C42H53N5O9S. The molecule has 3 aromatic rings. The molecule has 0 aliphatic carbocycles. The summed E-state index contributed by atoms with van der Waals surface area (Å²) in [7, 11) is -3.80. The summed E-state index contributed by atoms with van der Waals surface area (Å²) in [6, 6.07) is 20.5. The molecule has 2 saturated heterocycles. The Balaban J connectivity index is 1.19. The summed E-state index contributed by atoms with van der Waals surface area (Å²) < 4.78 is 45.6. The van der Waals surface area contributed by atoms with E-state index in [9.17, 15) is 27.6 Å². The molecule has 3 aromatic carbocycles. The van der Waals surface area contributed by atoms with Gasteiger partial charge >= 0.3 is 0 Å². The molecule has 5 atom stereocenters. The number of benzene rings is 3. The highest BCUT2D eigenvalue weighted by atomic mass is 32.2. The zero-order valence-electron chi connectivity index (χ0n) is 32.5. The number of carbonyl (C=O) groups is 4. The van der Waals surface area contributed by atoms with Crippen LogP contribution in [0.25, 0.3) is 0 Å². The number of para-hydroxylation sites is 2. The van der Waals surface area contributed by atoms with Crippen molar-refractivity contribution in [2.45, 2.75) is 82.4 Å². The summed E-state index contributed by atoms with van der Waals surface area (Å²) in [5.41, 5.74) is 2.72. The molecule has 15 heteroatoms. The zero-order valence-corrected chi connectivity index (χ0v) is 33.3. The van der Waals surface area contributed by atoms with E-state index in [2.05, 4.69) is 20.7 Å². The number of hydrogen-bond acceptors (Lipinski definition) is 10. The fourth-order valence-corrected chi connectivity index (χ4v) is 8.25. The van der Waals surface area contributed by atoms with Gasteiger partial charge in [-0.1, -0.05) is 72.3 Å². The van der Waals surface area contributed by atoms with Crippen molar-refractivity contribution in [2.75, 3.05) is 39.0 Å². The average molecular weight is 804 g/mol. The SMILES string of the molecule is Cc1ccc(CO[C@@H]2C[C@@H](C(=O)N[C@@H](Cc3ccccc3)C(=O)C(=O)NCC3COc4ccccc4O3)N(C(=O)[C@@H](CCC3CCNCC3)NS(C)(=O)=O)C2)cc1. The van der Waals surface area contributed by atoms with Crippen LogP contribution in [0.3, 0.4) is 0 Å². The van der Waals surface area contributed by atoms with Gasteiger partial charge in [-0.25, -0.2) is 13.1 Å². The number of ketones is 1. The number of likely N-dealkylation sites (tertiary alicyclic amines) is 1. The minimum absolute atomic E-state index is 0.0117. The number of piperidine rings is 1. The van der Waals surface area contributed by atoms with Gasteiger partial charge in [0.1, 0.15) is 30.8 Å². The number of Topliss-reactive ketones (excluding diaryl/α,β-unsaturated/α-hetero) is 1. The molecule has 306 valence electrons. The van der Waals surface area contributed by atoms with Crippen molar-refractivity contribution in [1.29, 1.82) is 0 Å². The van der Waals surface area contributed by atoms with E-state index in [4.69, 9.17) is 14.2 Å². The lowest BCUT2D eigenvalue weighted by Gasteiger charge is -2.30. The van der Waals surface area contributed by atoms with Gasteiger partial charge < -0.3 is 35.1 Å². The molecule has 14 nitrogen and oxygen atoms in total. The van der Waals surface area contributed by atoms with Crippen LogP contribution >= 0.6 is 0 Å². The summed E-state index contributed by atoms with van der Waals surface area (Å²) >= 11 is 0. The lowest BCUT2D eigenvalue weighted by Crippen LogP contribution is -2.57. The number of hydrogen-bond donors (Lipinski definition) is 4. The third kappa shape index (κ3) is 12.1. The van der Waals surface area contributed by atoms with Gasteiger partial charge in [-0.2, -0.15) is 0 Å². The van der Waals surface area contributed by atoms with E-state index in [1.165, 1.54) is 4.90 Å². The number of fused-ring (bicyclic) bond motifs is 1. The summed E-state index contributed by atoms with van der Waals surface area (Å²) in [4.78, 5) is 57.4. The van der Waals surface area contributed by atoms with Gasteiger partial charge in [0.25, 0.3) is 5.91 Å². The lowest BCUT2D eigenvalue weighted by atomic mass is 9.91. The van der Waals surface area contributed by atoms with Gasteiger partial charge in [0.15, 0.2) is 11.5 Å². The monoisotopic (exact) mass is 803 g/mol. The lowest BCUT2D eigenvalue weighted by molar-refractivity contribution is -0.142. The maximum atomic E-state index is 14.4. The summed E-state index contributed by atoms with van der Waals surface area (Å²) in [5, 5.41) is 8.76. The first-order chi connectivity index (χ1) is 27.4. The molecule has 0 radical (unpaired) electrons. The molecule has 0 bridgehead atoms. The molecule has 4 N–H and O–H groups in total. The summed E-state index contributed by atoms with van der Waals surface area (Å²) in [5.74, 6) is -1.53. The van der Waals surface area contributed by atoms with E-state index in [0.717, 1.165) is 43.3 Å².